The molecule has 0 spiro atoms. The molecule has 1 unspecified atom stereocenters. The van der Waals surface area contributed by atoms with E-state index in [0.29, 0.717) is 25.6 Å². The third-order valence-corrected chi connectivity index (χ3v) is 6.47. The van der Waals surface area contributed by atoms with E-state index in [1.165, 1.54) is 11.1 Å². The average Bonchev–Trinajstić information content (AvgIpc) is 2.85. The fraction of sp³-hybridized carbons (Fsp3) is 0.500. The molecule has 3 rings (SSSR count). The summed E-state index contributed by atoms with van der Waals surface area (Å²) >= 11 is 11.8. The molecule has 0 radical (unpaired) electrons. The van der Waals surface area contributed by atoms with Crippen LogP contribution in [0.3, 0.4) is 0 Å². The number of hydrogen-bond donors (Lipinski definition) is 0. The van der Waals surface area contributed by atoms with Crippen LogP contribution >= 0.6 is 23.2 Å². The minimum Gasteiger partial charge on any atom is -0.463 e. The molecule has 0 N–H and O–H groups in total. The second kappa shape index (κ2) is 14.7. The van der Waals surface area contributed by atoms with Crippen LogP contribution in [0.2, 0.25) is 5.02 Å². The second-order valence-electron chi connectivity index (χ2n) is 8.51. The Morgan fingerprint density at radius 2 is 1.65 bits per heavy atom. The molecule has 1 heterocycles. The van der Waals surface area contributed by atoms with Gasteiger partial charge in [-0.25, -0.2) is 4.79 Å². The van der Waals surface area contributed by atoms with E-state index in [-0.39, 0.29) is 18.6 Å². The van der Waals surface area contributed by atoms with Gasteiger partial charge in [-0.15, -0.1) is 11.6 Å². The highest BCUT2D eigenvalue weighted by Gasteiger charge is 2.26. The first-order valence-electron chi connectivity index (χ1n) is 11.8. The normalized spacial score (nSPS) is 16.0. The summed E-state index contributed by atoms with van der Waals surface area (Å²) in [5.74, 6) is 0.244. The lowest BCUT2D eigenvalue weighted by atomic mass is 9.96. The lowest BCUT2D eigenvalue weighted by molar-refractivity contribution is -0.149. The van der Waals surface area contributed by atoms with E-state index >= 15 is 0 Å². The van der Waals surface area contributed by atoms with Crippen LogP contribution in [0.15, 0.2) is 54.6 Å². The summed E-state index contributed by atoms with van der Waals surface area (Å²) in [6.45, 7) is 6.93. The maximum atomic E-state index is 11.8. The number of esters is 1. The maximum Gasteiger partial charge on any atom is 0.332 e. The van der Waals surface area contributed by atoms with E-state index in [9.17, 15) is 4.79 Å². The van der Waals surface area contributed by atoms with Crippen molar-refractivity contribution in [2.24, 2.45) is 0 Å². The molecule has 1 saturated heterocycles. The number of rotatable bonds is 13. The van der Waals surface area contributed by atoms with Crippen molar-refractivity contribution < 1.29 is 14.3 Å². The zero-order valence-electron chi connectivity index (χ0n) is 19.9. The molecule has 8 heteroatoms. The lowest BCUT2D eigenvalue weighted by Crippen LogP contribution is -2.48. The van der Waals surface area contributed by atoms with Crippen LogP contribution in [0.1, 0.15) is 17.2 Å². The van der Waals surface area contributed by atoms with Crippen molar-refractivity contribution in [2.45, 2.75) is 6.04 Å². The molecule has 0 bridgehead atoms. The van der Waals surface area contributed by atoms with E-state index in [1.54, 1.807) is 0 Å². The number of halogens is 2. The number of carbonyl (C=O) groups excluding carboxylic acids is 1. The van der Waals surface area contributed by atoms with Gasteiger partial charge in [-0.05, 0) is 30.3 Å². The van der Waals surface area contributed by atoms with Crippen LogP contribution in [-0.4, -0.2) is 99.2 Å². The summed E-state index contributed by atoms with van der Waals surface area (Å²) in [6.07, 6.45) is 0. The molecule has 6 nitrogen and oxygen atoms in total. The van der Waals surface area contributed by atoms with Crippen molar-refractivity contribution >= 4 is 29.2 Å². The topological polar surface area (TPSA) is 45.2 Å². The zero-order chi connectivity index (χ0) is 24.2. The highest BCUT2D eigenvalue weighted by molar-refractivity contribution is 6.30. The van der Waals surface area contributed by atoms with Gasteiger partial charge >= 0.3 is 5.97 Å². The Hall–Kier alpha value is -1.67. The maximum absolute atomic E-state index is 11.8. The van der Waals surface area contributed by atoms with Crippen LogP contribution in [-0.2, 0) is 14.3 Å². The van der Waals surface area contributed by atoms with Gasteiger partial charge in [0, 0.05) is 56.7 Å². The molecule has 0 aliphatic carbocycles. The van der Waals surface area contributed by atoms with Crippen LogP contribution in [0.5, 0.6) is 0 Å². The van der Waals surface area contributed by atoms with E-state index < -0.39 is 0 Å². The molecular formula is C26H35Cl2N3O3. The van der Waals surface area contributed by atoms with Gasteiger partial charge in [0.15, 0.2) is 0 Å². The molecule has 0 amide bonds. The Labute approximate surface area is 213 Å². The molecule has 0 saturated carbocycles. The van der Waals surface area contributed by atoms with Crippen LogP contribution < -0.4 is 0 Å². The Kier molecular flexibility index (Phi) is 11.6. The predicted octanol–water partition coefficient (Wildman–Crippen LogP) is 3.78. The summed E-state index contributed by atoms with van der Waals surface area (Å²) in [6, 6.07) is 19.0. The Morgan fingerprint density at radius 1 is 0.971 bits per heavy atom. The summed E-state index contributed by atoms with van der Waals surface area (Å²) in [5.41, 5.74) is 2.54. The van der Waals surface area contributed by atoms with Crippen molar-refractivity contribution in [1.82, 2.24) is 14.7 Å². The molecule has 1 atom stereocenters. The van der Waals surface area contributed by atoms with Crippen LogP contribution in [0.25, 0.3) is 0 Å². The quantitative estimate of drug-likeness (QED) is 0.233. The highest BCUT2D eigenvalue weighted by atomic mass is 35.5. The molecule has 2 aromatic rings. The largest absolute Gasteiger partial charge is 0.463 e. The number of piperazine rings is 1. The number of likely N-dealkylation sites (N-methyl/N-ethyl adjacent to an activating group) is 1. The monoisotopic (exact) mass is 507 g/mol. The highest BCUT2D eigenvalue weighted by Crippen LogP contribution is 2.30. The van der Waals surface area contributed by atoms with Gasteiger partial charge in [-0.2, -0.15) is 0 Å². The first kappa shape index (κ1) is 26.9. The van der Waals surface area contributed by atoms with E-state index in [1.807, 2.05) is 24.1 Å². The van der Waals surface area contributed by atoms with Crippen molar-refractivity contribution in [2.75, 3.05) is 78.6 Å². The summed E-state index contributed by atoms with van der Waals surface area (Å²) in [4.78, 5) is 18.7. The molecule has 1 aliphatic rings. The standard InChI is InChI=1S/C26H35Cl2N3O3/c1-29(12-11-27)17-20-34-25(32)21-33-19-18-30-13-15-31(16-14-30)26(22-5-3-2-4-6-22)23-7-9-24(28)10-8-23/h2-10,26H,11-21H2,1H3. The molecular weight excluding hydrogens is 473 g/mol. The van der Waals surface area contributed by atoms with Gasteiger partial charge in [0.25, 0.3) is 0 Å². The third-order valence-electron chi connectivity index (χ3n) is 6.05. The molecule has 1 fully saturated rings. The predicted molar refractivity (Wildman–Crippen MR) is 138 cm³/mol. The first-order chi connectivity index (χ1) is 16.6. The van der Waals surface area contributed by atoms with E-state index in [4.69, 9.17) is 32.7 Å². The Bertz CT molecular complexity index is 846. The molecule has 2 aromatic carbocycles. The first-order valence-corrected chi connectivity index (χ1v) is 12.7. The minimum atomic E-state index is -0.322. The van der Waals surface area contributed by atoms with E-state index in [2.05, 4.69) is 52.3 Å². The van der Waals surface area contributed by atoms with Gasteiger partial charge in [0.05, 0.1) is 12.6 Å². The number of alkyl halides is 1. The minimum absolute atomic E-state index is 0.00810. The fourth-order valence-corrected chi connectivity index (χ4v) is 4.52. The number of hydrogen-bond acceptors (Lipinski definition) is 6. The number of benzene rings is 2. The van der Waals surface area contributed by atoms with Gasteiger partial charge in [-0.3, -0.25) is 9.80 Å². The molecule has 1 aliphatic heterocycles. The van der Waals surface area contributed by atoms with Gasteiger partial charge < -0.3 is 14.4 Å². The average molecular weight is 508 g/mol. The zero-order valence-corrected chi connectivity index (χ0v) is 21.4. The van der Waals surface area contributed by atoms with E-state index in [0.717, 1.165) is 44.3 Å². The van der Waals surface area contributed by atoms with Crippen molar-refractivity contribution in [3.63, 3.8) is 0 Å². The SMILES string of the molecule is CN(CCCl)CCOC(=O)COCCN1CCN(C(c2ccccc2)c2ccc(Cl)cc2)CC1. The lowest BCUT2D eigenvalue weighted by Gasteiger charge is -2.39. The molecule has 186 valence electrons. The van der Waals surface area contributed by atoms with Gasteiger partial charge in [-0.1, -0.05) is 54.1 Å². The molecule has 0 aromatic heterocycles. The summed E-state index contributed by atoms with van der Waals surface area (Å²) in [5, 5.41) is 0.753. The Morgan fingerprint density at radius 3 is 2.32 bits per heavy atom. The van der Waals surface area contributed by atoms with Gasteiger partial charge in [0.2, 0.25) is 0 Å². The Balaban J connectivity index is 1.40. The number of nitrogens with zero attached hydrogens (tertiary/aromatic N) is 3. The number of ether oxygens (including phenoxy) is 2. The number of carbonyl (C=O) groups is 1. The fourth-order valence-electron chi connectivity index (χ4n) is 4.10. The smallest absolute Gasteiger partial charge is 0.332 e. The van der Waals surface area contributed by atoms with Gasteiger partial charge in [0.1, 0.15) is 13.2 Å². The third kappa shape index (κ3) is 8.84. The summed E-state index contributed by atoms with van der Waals surface area (Å²) in [7, 11) is 1.95. The van der Waals surface area contributed by atoms with Crippen molar-refractivity contribution in [3.8, 4) is 0 Å². The second-order valence-corrected chi connectivity index (χ2v) is 9.32. The van der Waals surface area contributed by atoms with Crippen molar-refractivity contribution in [3.05, 3.63) is 70.7 Å². The van der Waals surface area contributed by atoms with Crippen LogP contribution in [0.4, 0.5) is 0 Å². The van der Waals surface area contributed by atoms with Crippen molar-refractivity contribution in [1.29, 1.82) is 0 Å². The van der Waals surface area contributed by atoms with Crippen LogP contribution in [0, 0.1) is 0 Å². The summed E-state index contributed by atoms with van der Waals surface area (Å²) < 4.78 is 10.8. The molecule has 34 heavy (non-hydrogen) atoms.